The molecule has 0 aliphatic heterocycles. The van der Waals surface area contributed by atoms with Crippen molar-refractivity contribution in [2.24, 2.45) is 0 Å². The van der Waals surface area contributed by atoms with E-state index in [-0.39, 0.29) is 5.97 Å². The van der Waals surface area contributed by atoms with Crippen molar-refractivity contribution in [3.63, 3.8) is 0 Å². The minimum atomic E-state index is -0.387. The monoisotopic (exact) mass is 223 g/mol. The number of H-pyrrole nitrogens is 1. The van der Waals surface area contributed by atoms with Crippen molar-refractivity contribution < 1.29 is 9.53 Å². The molecule has 2 rings (SSSR count). The number of methoxy groups -OCH3 is 1. The van der Waals surface area contributed by atoms with Crippen LogP contribution in [0.4, 0.5) is 0 Å². The van der Waals surface area contributed by atoms with Crippen LogP contribution < -0.4 is 0 Å². The molecule has 3 nitrogen and oxygen atoms in total. The molecule has 1 heterocycles. The van der Waals surface area contributed by atoms with Crippen LogP contribution in [0, 0.1) is 6.92 Å². The largest absolute Gasteiger partial charge is 0.464 e. The quantitative estimate of drug-likeness (QED) is 0.756. The molecule has 0 aliphatic carbocycles. The Morgan fingerprint density at radius 2 is 2.20 bits per heavy atom. The van der Waals surface area contributed by atoms with Crippen LogP contribution >= 0.6 is 11.6 Å². The second-order valence-electron chi connectivity index (χ2n) is 3.33. The number of carbonyl (C=O) groups excluding carboxylic acids is 1. The van der Waals surface area contributed by atoms with E-state index in [1.807, 2.05) is 19.1 Å². The first kappa shape index (κ1) is 10.1. The zero-order chi connectivity index (χ0) is 11.0. The maximum absolute atomic E-state index is 11.3. The molecule has 15 heavy (non-hydrogen) atoms. The Labute approximate surface area is 92.0 Å². The summed E-state index contributed by atoms with van der Waals surface area (Å²) in [6.45, 7) is 1.95. The molecule has 78 valence electrons. The number of aryl methyl sites for hydroxylation is 1. The number of halogens is 1. The van der Waals surface area contributed by atoms with Crippen LogP contribution in [0.3, 0.4) is 0 Å². The zero-order valence-electron chi connectivity index (χ0n) is 8.43. The molecular weight excluding hydrogens is 214 g/mol. The first-order valence-electron chi connectivity index (χ1n) is 4.49. The summed E-state index contributed by atoms with van der Waals surface area (Å²) in [6, 6.07) is 5.42. The van der Waals surface area contributed by atoms with E-state index in [2.05, 4.69) is 9.72 Å². The first-order valence-corrected chi connectivity index (χ1v) is 4.87. The summed E-state index contributed by atoms with van der Waals surface area (Å²) in [7, 11) is 1.35. The van der Waals surface area contributed by atoms with Crippen LogP contribution in [0.2, 0.25) is 5.02 Å². The van der Waals surface area contributed by atoms with E-state index in [9.17, 15) is 4.79 Å². The number of hydrogen-bond donors (Lipinski definition) is 1. The van der Waals surface area contributed by atoms with E-state index < -0.39 is 0 Å². The number of carbonyl (C=O) groups is 1. The van der Waals surface area contributed by atoms with Gasteiger partial charge in [-0.05, 0) is 24.6 Å². The predicted octanol–water partition coefficient (Wildman–Crippen LogP) is 2.92. The molecule has 0 aliphatic rings. The Morgan fingerprint density at radius 3 is 2.80 bits per heavy atom. The molecule has 0 fully saturated rings. The van der Waals surface area contributed by atoms with Crippen LogP contribution in [-0.2, 0) is 4.74 Å². The van der Waals surface area contributed by atoms with Gasteiger partial charge in [0.05, 0.1) is 12.6 Å². The molecule has 0 radical (unpaired) electrons. The number of ether oxygens (including phenoxy) is 1. The first-order chi connectivity index (χ1) is 7.13. The predicted molar refractivity (Wildman–Crippen MR) is 59.4 cm³/mol. The fourth-order valence-electron chi connectivity index (χ4n) is 1.55. The summed E-state index contributed by atoms with van der Waals surface area (Å²) < 4.78 is 4.63. The molecule has 0 atom stereocenters. The third kappa shape index (κ3) is 1.59. The molecule has 1 N–H and O–H groups in total. The van der Waals surface area contributed by atoms with Crippen molar-refractivity contribution in [2.45, 2.75) is 6.92 Å². The molecule has 0 amide bonds. The van der Waals surface area contributed by atoms with Gasteiger partial charge in [0.25, 0.3) is 0 Å². The van der Waals surface area contributed by atoms with Crippen LogP contribution in [0.1, 0.15) is 16.1 Å². The molecular formula is C11H10ClNO2. The van der Waals surface area contributed by atoms with Gasteiger partial charge in [0.15, 0.2) is 0 Å². The average Bonchev–Trinajstić information content (AvgIpc) is 2.68. The van der Waals surface area contributed by atoms with Gasteiger partial charge in [0.2, 0.25) is 0 Å². The van der Waals surface area contributed by atoms with E-state index in [4.69, 9.17) is 11.6 Å². The molecule has 0 unspecified atom stereocenters. The lowest BCUT2D eigenvalue weighted by atomic mass is 10.2. The van der Waals surface area contributed by atoms with E-state index in [1.54, 1.807) is 6.07 Å². The highest BCUT2D eigenvalue weighted by Crippen LogP contribution is 2.26. The fourth-order valence-corrected chi connectivity index (χ4v) is 1.76. The summed E-state index contributed by atoms with van der Waals surface area (Å²) >= 11 is 6.02. The van der Waals surface area contributed by atoms with Gasteiger partial charge in [-0.25, -0.2) is 4.79 Å². The number of hydrogen-bond acceptors (Lipinski definition) is 2. The number of nitrogens with one attached hydrogen (secondary N) is 1. The van der Waals surface area contributed by atoms with Gasteiger partial charge in [-0.15, -0.1) is 0 Å². The van der Waals surface area contributed by atoms with Gasteiger partial charge in [0.1, 0.15) is 5.69 Å². The maximum Gasteiger partial charge on any atom is 0.354 e. The van der Waals surface area contributed by atoms with E-state index in [0.717, 1.165) is 16.5 Å². The van der Waals surface area contributed by atoms with Gasteiger partial charge >= 0.3 is 5.97 Å². The molecule has 0 saturated heterocycles. The second-order valence-corrected chi connectivity index (χ2v) is 3.73. The van der Waals surface area contributed by atoms with Gasteiger partial charge < -0.3 is 9.72 Å². The highest BCUT2D eigenvalue weighted by Gasteiger charge is 2.12. The van der Waals surface area contributed by atoms with Gasteiger partial charge in [0, 0.05) is 10.4 Å². The lowest BCUT2D eigenvalue weighted by Crippen LogP contribution is -2.00. The van der Waals surface area contributed by atoms with Crippen LogP contribution in [0.5, 0.6) is 0 Å². The Balaban J connectivity index is 2.70. The van der Waals surface area contributed by atoms with Gasteiger partial charge in [-0.1, -0.05) is 17.7 Å². The smallest absolute Gasteiger partial charge is 0.354 e. The fraction of sp³-hybridized carbons (Fsp3) is 0.182. The number of benzene rings is 1. The van der Waals surface area contributed by atoms with Gasteiger partial charge in [-0.2, -0.15) is 0 Å². The molecule has 1 aromatic heterocycles. The highest BCUT2D eigenvalue weighted by molar-refractivity contribution is 6.35. The summed E-state index contributed by atoms with van der Waals surface area (Å²) in [4.78, 5) is 14.3. The molecule has 0 saturated carbocycles. The summed E-state index contributed by atoms with van der Waals surface area (Å²) in [5.74, 6) is -0.387. The van der Waals surface area contributed by atoms with Crippen molar-refractivity contribution in [2.75, 3.05) is 7.11 Å². The minimum Gasteiger partial charge on any atom is -0.464 e. The average molecular weight is 224 g/mol. The Bertz CT molecular complexity index is 492. The molecule has 0 bridgehead atoms. The third-order valence-corrected chi connectivity index (χ3v) is 2.68. The van der Waals surface area contributed by atoms with Crippen LogP contribution in [0.15, 0.2) is 18.2 Å². The summed E-state index contributed by atoms with van der Waals surface area (Å²) in [6.07, 6.45) is 0. The minimum absolute atomic E-state index is 0.387. The van der Waals surface area contributed by atoms with Crippen molar-refractivity contribution >= 4 is 28.5 Å². The van der Waals surface area contributed by atoms with Crippen LogP contribution in [-0.4, -0.2) is 18.1 Å². The second kappa shape index (κ2) is 3.59. The number of esters is 1. The number of rotatable bonds is 1. The third-order valence-electron chi connectivity index (χ3n) is 2.35. The number of fused-ring (bicyclic) bond motifs is 1. The summed E-state index contributed by atoms with van der Waals surface area (Å²) in [5.41, 5.74) is 2.34. The topological polar surface area (TPSA) is 42.1 Å². The van der Waals surface area contributed by atoms with Crippen molar-refractivity contribution in [3.05, 3.63) is 34.5 Å². The van der Waals surface area contributed by atoms with E-state index in [1.165, 1.54) is 7.11 Å². The van der Waals surface area contributed by atoms with Gasteiger partial charge in [-0.3, -0.25) is 0 Å². The SMILES string of the molecule is COC(=O)c1cc2c(Cl)ccc(C)c2[nH]1. The zero-order valence-corrected chi connectivity index (χ0v) is 9.18. The number of aromatic nitrogens is 1. The van der Waals surface area contributed by atoms with Crippen LogP contribution in [0.25, 0.3) is 10.9 Å². The molecule has 2 aromatic rings. The Kier molecular flexibility index (Phi) is 2.40. The van der Waals surface area contributed by atoms with E-state index >= 15 is 0 Å². The number of aromatic amines is 1. The van der Waals surface area contributed by atoms with Crippen molar-refractivity contribution in [1.82, 2.24) is 4.98 Å². The molecule has 4 heteroatoms. The summed E-state index contributed by atoms with van der Waals surface area (Å²) in [5, 5.41) is 1.47. The lowest BCUT2D eigenvalue weighted by molar-refractivity contribution is 0.0595. The van der Waals surface area contributed by atoms with Crippen molar-refractivity contribution in [1.29, 1.82) is 0 Å². The standard InChI is InChI=1S/C11H10ClNO2/c1-6-3-4-8(12)7-5-9(11(14)15-2)13-10(6)7/h3-5,13H,1-2H3. The maximum atomic E-state index is 11.3. The molecule has 0 spiro atoms. The van der Waals surface area contributed by atoms with E-state index in [0.29, 0.717) is 10.7 Å². The normalized spacial score (nSPS) is 10.6. The lowest BCUT2D eigenvalue weighted by Gasteiger charge is -1.96. The Morgan fingerprint density at radius 1 is 1.47 bits per heavy atom. The van der Waals surface area contributed by atoms with Crippen molar-refractivity contribution in [3.8, 4) is 0 Å². The molecule has 1 aromatic carbocycles. The Hall–Kier alpha value is -1.48. The highest BCUT2D eigenvalue weighted by atomic mass is 35.5.